The van der Waals surface area contributed by atoms with E-state index in [9.17, 15) is 9.18 Å². The fourth-order valence-corrected chi connectivity index (χ4v) is 3.94. The van der Waals surface area contributed by atoms with Gasteiger partial charge in [0.25, 0.3) is 0 Å². The van der Waals surface area contributed by atoms with Crippen molar-refractivity contribution in [2.45, 2.75) is 25.0 Å². The van der Waals surface area contributed by atoms with Gasteiger partial charge in [-0.15, -0.1) is 0 Å². The molecule has 2 fully saturated rings. The molecule has 0 saturated carbocycles. The molecule has 1 aromatic rings. The summed E-state index contributed by atoms with van der Waals surface area (Å²) in [4.78, 5) is 14.1. The number of carbonyl (C=O) groups excluding carboxylic acids is 1. The number of carbonyl (C=O) groups is 1. The highest BCUT2D eigenvalue weighted by Crippen LogP contribution is 2.30. The van der Waals surface area contributed by atoms with Crippen LogP contribution >= 0.6 is 11.8 Å². The number of nitrogens with zero attached hydrogens (tertiary/aromatic N) is 1. The molecule has 19 heavy (non-hydrogen) atoms. The van der Waals surface area contributed by atoms with Crippen LogP contribution in [0.25, 0.3) is 0 Å². The molecule has 2 aliphatic heterocycles. The Morgan fingerprint density at radius 1 is 1.32 bits per heavy atom. The van der Waals surface area contributed by atoms with Crippen LogP contribution in [-0.2, 0) is 4.79 Å². The third-order valence-corrected chi connectivity index (χ3v) is 4.93. The second-order valence-electron chi connectivity index (χ2n) is 5.01. The molecule has 0 bridgehead atoms. The van der Waals surface area contributed by atoms with Crippen molar-refractivity contribution in [2.24, 2.45) is 0 Å². The third kappa shape index (κ3) is 2.62. The van der Waals surface area contributed by atoms with E-state index in [0.717, 1.165) is 24.2 Å². The molecule has 1 N–H and O–H groups in total. The number of amides is 1. The SMILES string of the molecule is O=C1CNC(c2ccc(F)cc2)N1C1CCCSC1. The van der Waals surface area contributed by atoms with E-state index in [1.54, 1.807) is 12.1 Å². The van der Waals surface area contributed by atoms with Crippen molar-refractivity contribution >= 4 is 17.7 Å². The van der Waals surface area contributed by atoms with Gasteiger partial charge in [0.1, 0.15) is 12.0 Å². The molecule has 0 radical (unpaired) electrons. The minimum Gasteiger partial charge on any atom is -0.318 e. The summed E-state index contributed by atoms with van der Waals surface area (Å²) in [5.74, 6) is 2.10. The van der Waals surface area contributed by atoms with Crippen LogP contribution in [-0.4, -0.2) is 34.9 Å². The first-order valence-corrected chi connectivity index (χ1v) is 7.79. The van der Waals surface area contributed by atoms with E-state index in [-0.39, 0.29) is 17.9 Å². The Morgan fingerprint density at radius 2 is 2.11 bits per heavy atom. The van der Waals surface area contributed by atoms with Crippen LogP contribution in [0.1, 0.15) is 24.6 Å². The summed E-state index contributed by atoms with van der Waals surface area (Å²) in [6.07, 6.45) is 2.13. The summed E-state index contributed by atoms with van der Waals surface area (Å²) in [7, 11) is 0. The van der Waals surface area contributed by atoms with Crippen molar-refractivity contribution < 1.29 is 9.18 Å². The van der Waals surface area contributed by atoms with E-state index in [1.807, 2.05) is 16.7 Å². The van der Waals surface area contributed by atoms with Gasteiger partial charge in [-0.1, -0.05) is 12.1 Å². The van der Waals surface area contributed by atoms with Crippen LogP contribution < -0.4 is 5.32 Å². The van der Waals surface area contributed by atoms with E-state index in [0.29, 0.717) is 12.6 Å². The molecule has 2 unspecified atom stereocenters. The predicted octanol–water partition coefficient (Wildman–Crippen LogP) is 2.15. The van der Waals surface area contributed by atoms with Gasteiger partial charge in [0.15, 0.2) is 0 Å². The number of thioether (sulfide) groups is 1. The van der Waals surface area contributed by atoms with Crippen molar-refractivity contribution in [1.29, 1.82) is 0 Å². The van der Waals surface area contributed by atoms with E-state index >= 15 is 0 Å². The Bertz CT molecular complexity index is 459. The van der Waals surface area contributed by atoms with E-state index < -0.39 is 0 Å². The van der Waals surface area contributed by atoms with E-state index in [2.05, 4.69) is 5.32 Å². The molecule has 5 heteroatoms. The minimum absolute atomic E-state index is 0.100. The van der Waals surface area contributed by atoms with Gasteiger partial charge in [0.2, 0.25) is 5.91 Å². The minimum atomic E-state index is -0.243. The lowest BCUT2D eigenvalue weighted by Gasteiger charge is -2.35. The second-order valence-corrected chi connectivity index (χ2v) is 6.16. The molecule has 0 aromatic heterocycles. The van der Waals surface area contributed by atoms with Gasteiger partial charge in [-0.3, -0.25) is 10.1 Å². The Balaban J connectivity index is 1.83. The average Bonchev–Trinajstić information content (AvgIpc) is 2.82. The summed E-state index contributed by atoms with van der Waals surface area (Å²) in [5.41, 5.74) is 0.961. The van der Waals surface area contributed by atoms with Crippen LogP contribution in [0.15, 0.2) is 24.3 Å². The van der Waals surface area contributed by atoms with Crippen molar-refractivity contribution in [3.63, 3.8) is 0 Å². The number of nitrogens with one attached hydrogen (secondary N) is 1. The first-order chi connectivity index (χ1) is 9.25. The first-order valence-electron chi connectivity index (χ1n) is 6.63. The third-order valence-electron chi connectivity index (χ3n) is 3.73. The number of hydrogen-bond acceptors (Lipinski definition) is 3. The summed E-state index contributed by atoms with van der Waals surface area (Å²) in [6, 6.07) is 6.72. The Hall–Kier alpha value is -1.07. The highest BCUT2D eigenvalue weighted by atomic mass is 32.2. The van der Waals surface area contributed by atoms with Gasteiger partial charge in [0, 0.05) is 11.8 Å². The highest BCUT2D eigenvalue weighted by Gasteiger charge is 2.37. The molecule has 2 heterocycles. The first kappa shape index (κ1) is 12.9. The molecule has 0 spiro atoms. The number of hydrogen-bond donors (Lipinski definition) is 1. The fourth-order valence-electron chi connectivity index (χ4n) is 2.80. The van der Waals surface area contributed by atoms with Gasteiger partial charge in [-0.2, -0.15) is 11.8 Å². The summed E-state index contributed by atoms with van der Waals surface area (Å²) in [5, 5.41) is 3.23. The maximum absolute atomic E-state index is 13.0. The van der Waals surface area contributed by atoms with Crippen LogP contribution in [0.4, 0.5) is 4.39 Å². The summed E-state index contributed by atoms with van der Waals surface area (Å²) >= 11 is 1.91. The molecule has 0 aliphatic carbocycles. The molecule has 3 rings (SSSR count). The molecular weight excluding hydrogens is 263 g/mol. The van der Waals surface area contributed by atoms with Gasteiger partial charge >= 0.3 is 0 Å². The number of benzene rings is 1. The lowest BCUT2D eigenvalue weighted by Crippen LogP contribution is -2.42. The van der Waals surface area contributed by atoms with Crippen molar-refractivity contribution in [3.8, 4) is 0 Å². The standard InChI is InChI=1S/C14H17FN2OS/c15-11-5-3-10(4-6-11)14-16-8-13(18)17(14)12-2-1-7-19-9-12/h3-6,12,14,16H,1-2,7-9H2. The van der Waals surface area contributed by atoms with Gasteiger partial charge in [0.05, 0.1) is 6.54 Å². The Labute approximate surface area is 116 Å². The van der Waals surface area contributed by atoms with Crippen molar-refractivity contribution in [1.82, 2.24) is 10.2 Å². The quantitative estimate of drug-likeness (QED) is 0.901. The van der Waals surface area contributed by atoms with E-state index in [4.69, 9.17) is 0 Å². The average molecular weight is 280 g/mol. The molecule has 1 amide bonds. The van der Waals surface area contributed by atoms with Crippen LogP contribution in [0.3, 0.4) is 0 Å². The van der Waals surface area contributed by atoms with Crippen LogP contribution in [0, 0.1) is 5.82 Å². The number of rotatable bonds is 2. The smallest absolute Gasteiger partial charge is 0.238 e. The highest BCUT2D eigenvalue weighted by molar-refractivity contribution is 7.99. The molecule has 2 aliphatic rings. The van der Waals surface area contributed by atoms with Gasteiger partial charge in [-0.25, -0.2) is 4.39 Å². The number of halogens is 1. The van der Waals surface area contributed by atoms with Gasteiger partial charge < -0.3 is 4.90 Å². The zero-order valence-corrected chi connectivity index (χ0v) is 11.5. The Kier molecular flexibility index (Phi) is 3.75. The molecule has 1 aromatic carbocycles. The monoisotopic (exact) mass is 280 g/mol. The van der Waals surface area contributed by atoms with Crippen LogP contribution in [0.5, 0.6) is 0 Å². The molecular formula is C14H17FN2OS. The maximum Gasteiger partial charge on any atom is 0.238 e. The zero-order valence-electron chi connectivity index (χ0n) is 10.6. The van der Waals surface area contributed by atoms with Crippen molar-refractivity contribution in [2.75, 3.05) is 18.1 Å². The summed E-state index contributed by atoms with van der Waals surface area (Å²) < 4.78 is 13.0. The lowest BCUT2D eigenvalue weighted by molar-refractivity contribution is -0.130. The van der Waals surface area contributed by atoms with Gasteiger partial charge in [-0.05, 0) is 36.3 Å². The van der Waals surface area contributed by atoms with Crippen LogP contribution in [0.2, 0.25) is 0 Å². The molecule has 3 nitrogen and oxygen atoms in total. The molecule has 2 atom stereocenters. The predicted molar refractivity (Wildman–Crippen MR) is 74.3 cm³/mol. The lowest BCUT2D eigenvalue weighted by atomic mass is 10.1. The van der Waals surface area contributed by atoms with E-state index in [1.165, 1.54) is 17.9 Å². The van der Waals surface area contributed by atoms with Crippen molar-refractivity contribution in [3.05, 3.63) is 35.6 Å². The maximum atomic E-state index is 13.0. The largest absolute Gasteiger partial charge is 0.318 e. The molecule has 2 saturated heterocycles. The zero-order chi connectivity index (χ0) is 13.2. The summed E-state index contributed by atoms with van der Waals surface area (Å²) in [6.45, 7) is 0.378. The second kappa shape index (κ2) is 5.51. The fraction of sp³-hybridized carbons (Fsp3) is 0.500. The topological polar surface area (TPSA) is 32.3 Å². The molecule has 102 valence electrons. The normalized spacial score (nSPS) is 27.8. The Morgan fingerprint density at radius 3 is 2.79 bits per heavy atom.